The Labute approximate surface area is 152 Å². The van der Waals surface area contributed by atoms with Crippen LogP contribution in [0.4, 0.5) is 0 Å². The lowest BCUT2D eigenvalue weighted by Crippen LogP contribution is -2.26. The van der Waals surface area contributed by atoms with Gasteiger partial charge in [0.15, 0.2) is 0 Å². The predicted octanol–water partition coefficient (Wildman–Crippen LogP) is 2.34. The van der Waals surface area contributed by atoms with Gasteiger partial charge in [-0.3, -0.25) is 9.78 Å². The van der Waals surface area contributed by atoms with Crippen LogP contribution in [0.3, 0.4) is 0 Å². The normalized spacial score (nSPS) is 10.5. The zero-order valence-corrected chi connectivity index (χ0v) is 14.8. The molecule has 2 heterocycles. The first-order valence-electron chi connectivity index (χ1n) is 8.45. The van der Waals surface area contributed by atoms with Gasteiger partial charge in [0.25, 0.3) is 5.91 Å². The molecule has 3 aromatic rings. The predicted molar refractivity (Wildman–Crippen MR) is 98.0 cm³/mol. The van der Waals surface area contributed by atoms with Gasteiger partial charge in [-0.25, -0.2) is 0 Å². The van der Waals surface area contributed by atoms with Gasteiger partial charge >= 0.3 is 0 Å². The van der Waals surface area contributed by atoms with Gasteiger partial charge in [0, 0.05) is 36.8 Å². The molecule has 3 rings (SSSR count). The van der Waals surface area contributed by atoms with Crippen molar-refractivity contribution in [2.75, 3.05) is 13.7 Å². The fraction of sp³-hybridized carbons (Fsp3) is 0.263. The summed E-state index contributed by atoms with van der Waals surface area (Å²) in [6.07, 6.45) is 5.73. The lowest BCUT2D eigenvalue weighted by Gasteiger charge is -2.08. The molecule has 2 aromatic heterocycles. The van der Waals surface area contributed by atoms with E-state index in [1.807, 2.05) is 35.8 Å². The highest BCUT2D eigenvalue weighted by molar-refractivity contribution is 5.95. The van der Waals surface area contributed by atoms with E-state index in [9.17, 15) is 4.79 Å². The van der Waals surface area contributed by atoms with E-state index in [0.29, 0.717) is 24.3 Å². The Morgan fingerprint density at radius 3 is 2.92 bits per heavy atom. The number of hydrogen-bond donors (Lipinski definition) is 1. The number of carbonyl (C=O) groups is 1. The summed E-state index contributed by atoms with van der Waals surface area (Å²) < 4.78 is 7.17. The summed E-state index contributed by atoms with van der Waals surface area (Å²) in [7, 11) is 1.60. The highest BCUT2D eigenvalue weighted by Gasteiger charge is 2.09. The van der Waals surface area contributed by atoms with Crippen molar-refractivity contribution < 1.29 is 9.53 Å². The molecule has 0 saturated heterocycles. The molecule has 0 saturated carbocycles. The zero-order chi connectivity index (χ0) is 18.4. The number of rotatable bonds is 7. The maximum atomic E-state index is 12.4. The summed E-state index contributed by atoms with van der Waals surface area (Å²) in [5.41, 5.74) is 2.41. The number of amides is 1. The third-order valence-corrected chi connectivity index (χ3v) is 4.08. The van der Waals surface area contributed by atoms with Gasteiger partial charge in [-0.05, 0) is 30.7 Å². The van der Waals surface area contributed by atoms with E-state index in [2.05, 4.69) is 20.5 Å². The summed E-state index contributed by atoms with van der Waals surface area (Å²) in [5, 5.41) is 10.9. The Morgan fingerprint density at radius 2 is 2.12 bits per heavy atom. The number of aryl methyl sites for hydroxylation is 1. The van der Waals surface area contributed by atoms with Crippen LogP contribution >= 0.6 is 0 Å². The molecule has 0 bridgehead atoms. The standard InChI is InChI=1S/C19H21N5O2/c1-3-24-13-22-23-18(24)7-8-21-19(25)15-6-4-5-14(9-15)16-10-17(26-2)12-20-11-16/h4-6,9-13H,3,7-8H2,1-2H3,(H,21,25). The molecule has 0 aliphatic rings. The number of ether oxygens (including phenoxy) is 1. The van der Waals surface area contributed by atoms with Crippen molar-refractivity contribution in [3.63, 3.8) is 0 Å². The number of nitrogens with zero attached hydrogens (tertiary/aromatic N) is 4. The molecule has 0 fully saturated rings. The van der Waals surface area contributed by atoms with Crippen LogP contribution in [-0.4, -0.2) is 39.3 Å². The van der Waals surface area contributed by atoms with Crippen LogP contribution in [0.1, 0.15) is 23.1 Å². The highest BCUT2D eigenvalue weighted by Crippen LogP contribution is 2.23. The minimum atomic E-state index is -0.120. The first-order valence-corrected chi connectivity index (χ1v) is 8.45. The molecule has 26 heavy (non-hydrogen) atoms. The van der Waals surface area contributed by atoms with Gasteiger partial charge in [0.2, 0.25) is 0 Å². The molecule has 1 amide bonds. The molecular formula is C19H21N5O2. The monoisotopic (exact) mass is 351 g/mol. The number of methoxy groups -OCH3 is 1. The van der Waals surface area contributed by atoms with Crippen molar-refractivity contribution in [1.82, 2.24) is 25.1 Å². The van der Waals surface area contributed by atoms with Crippen LogP contribution in [0.2, 0.25) is 0 Å². The van der Waals surface area contributed by atoms with Crippen LogP contribution in [0, 0.1) is 0 Å². The number of benzene rings is 1. The number of pyridine rings is 1. The molecule has 1 aromatic carbocycles. The topological polar surface area (TPSA) is 81.9 Å². The molecule has 7 nitrogen and oxygen atoms in total. The minimum absolute atomic E-state index is 0.120. The maximum absolute atomic E-state index is 12.4. The van der Waals surface area contributed by atoms with Crippen LogP contribution in [0.25, 0.3) is 11.1 Å². The van der Waals surface area contributed by atoms with Crippen molar-refractivity contribution in [3.8, 4) is 16.9 Å². The summed E-state index contributed by atoms with van der Waals surface area (Å²) in [4.78, 5) is 16.6. The first kappa shape index (κ1) is 17.6. The van der Waals surface area contributed by atoms with Crippen molar-refractivity contribution in [1.29, 1.82) is 0 Å². The van der Waals surface area contributed by atoms with Crippen molar-refractivity contribution in [2.45, 2.75) is 19.9 Å². The summed E-state index contributed by atoms with van der Waals surface area (Å²) in [6.45, 7) is 3.35. The largest absolute Gasteiger partial charge is 0.495 e. The van der Waals surface area contributed by atoms with E-state index < -0.39 is 0 Å². The second-order valence-electron chi connectivity index (χ2n) is 5.73. The molecule has 0 radical (unpaired) electrons. The first-order chi connectivity index (χ1) is 12.7. The molecule has 0 atom stereocenters. The summed E-state index contributed by atoms with van der Waals surface area (Å²) in [6, 6.07) is 9.33. The third-order valence-electron chi connectivity index (χ3n) is 4.08. The van der Waals surface area contributed by atoms with Crippen molar-refractivity contribution >= 4 is 5.91 Å². The van der Waals surface area contributed by atoms with Crippen LogP contribution in [0.5, 0.6) is 5.75 Å². The van der Waals surface area contributed by atoms with E-state index >= 15 is 0 Å². The summed E-state index contributed by atoms with van der Waals surface area (Å²) in [5.74, 6) is 1.42. The Morgan fingerprint density at radius 1 is 1.23 bits per heavy atom. The van der Waals surface area contributed by atoms with E-state index in [4.69, 9.17) is 4.74 Å². The van der Waals surface area contributed by atoms with Crippen molar-refractivity contribution in [2.24, 2.45) is 0 Å². The molecule has 134 valence electrons. The number of aromatic nitrogens is 4. The van der Waals surface area contributed by atoms with E-state index in [-0.39, 0.29) is 5.91 Å². The zero-order valence-electron chi connectivity index (χ0n) is 14.8. The van der Waals surface area contributed by atoms with Crippen LogP contribution < -0.4 is 10.1 Å². The van der Waals surface area contributed by atoms with E-state index in [1.54, 1.807) is 31.9 Å². The van der Waals surface area contributed by atoms with Gasteiger partial charge in [-0.1, -0.05) is 12.1 Å². The van der Waals surface area contributed by atoms with Gasteiger partial charge in [-0.2, -0.15) is 0 Å². The van der Waals surface area contributed by atoms with Crippen LogP contribution in [0.15, 0.2) is 49.1 Å². The minimum Gasteiger partial charge on any atom is -0.495 e. The molecule has 0 spiro atoms. The van der Waals surface area contributed by atoms with Gasteiger partial charge in [0.1, 0.15) is 17.9 Å². The SMILES string of the molecule is CCn1cnnc1CCNC(=O)c1cccc(-c2cncc(OC)c2)c1. The summed E-state index contributed by atoms with van der Waals surface area (Å²) >= 11 is 0. The smallest absolute Gasteiger partial charge is 0.251 e. The van der Waals surface area contributed by atoms with E-state index in [1.165, 1.54) is 0 Å². The molecule has 7 heteroatoms. The Bertz CT molecular complexity index is 891. The van der Waals surface area contributed by atoms with Crippen LogP contribution in [-0.2, 0) is 13.0 Å². The average Bonchev–Trinajstić information content (AvgIpc) is 3.15. The lowest BCUT2D eigenvalue weighted by molar-refractivity contribution is 0.0954. The molecule has 0 unspecified atom stereocenters. The highest BCUT2D eigenvalue weighted by atomic mass is 16.5. The Balaban J connectivity index is 1.66. The Kier molecular flexibility index (Phi) is 5.58. The molecular weight excluding hydrogens is 330 g/mol. The molecule has 1 N–H and O–H groups in total. The Hall–Kier alpha value is -3.22. The van der Waals surface area contributed by atoms with Crippen molar-refractivity contribution in [3.05, 3.63) is 60.4 Å². The second kappa shape index (κ2) is 8.24. The lowest BCUT2D eigenvalue weighted by atomic mass is 10.0. The number of carbonyl (C=O) groups excluding carboxylic acids is 1. The van der Waals surface area contributed by atoms with Gasteiger partial charge in [-0.15, -0.1) is 10.2 Å². The fourth-order valence-corrected chi connectivity index (χ4v) is 2.65. The average molecular weight is 351 g/mol. The molecule has 0 aliphatic heterocycles. The number of nitrogens with one attached hydrogen (secondary N) is 1. The van der Waals surface area contributed by atoms with E-state index in [0.717, 1.165) is 23.5 Å². The quantitative estimate of drug-likeness (QED) is 0.706. The fourth-order valence-electron chi connectivity index (χ4n) is 2.65. The number of hydrogen-bond acceptors (Lipinski definition) is 5. The molecule has 0 aliphatic carbocycles. The third kappa shape index (κ3) is 4.05. The second-order valence-corrected chi connectivity index (χ2v) is 5.73. The maximum Gasteiger partial charge on any atom is 0.251 e. The van der Waals surface area contributed by atoms with Gasteiger partial charge in [0.05, 0.1) is 13.3 Å². The van der Waals surface area contributed by atoms with Gasteiger partial charge < -0.3 is 14.6 Å².